The first-order valence-corrected chi connectivity index (χ1v) is 4.21. The van der Waals surface area contributed by atoms with Gasteiger partial charge in [-0.05, 0) is 47.0 Å². The molecule has 0 aromatic carbocycles. The Morgan fingerprint density at radius 3 is 1.45 bits per heavy atom. The molecule has 2 heteroatoms. The Hall–Kier alpha value is -0.0800. The van der Waals surface area contributed by atoms with Crippen LogP contribution in [0.25, 0.3) is 0 Å². The van der Waals surface area contributed by atoms with Crippen LogP contribution in [0.1, 0.15) is 47.0 Å². The second-order valence-electron chi connectivity index (χ2n) is 4.75. The topological polar surface area (TPSA) is 42.5 Å². The molecule has 0 aromatic heterocycles. The molecular formula is C9H19N2. The highest BCUT2D eigenvalue weighted by molar-refractivity contribution is 4.92. The van der Waals surface area contributed by atoms with E-state index in [9.17, 15) is 0 Å². The Labute approximate surface area is 70.3 Å². The van der Waals surface area contributed by atoms with E-state index in [1.807, 2.05) is 0 Å². The predicted octanol–water partition coefficient (Wildman–Crippen LogP) is 1.84. The van der Waals surface area contributed by atoms with E-state index in [-0.39, 0.29) is 6.15 Å². The number of piperidine rings is 1. The van der Waals surface area contributed by atoms with Crippen LogP contribution in [0.4, 0.5) is 0 Å². The average molecular weight is 155 g/mol. The maximum Gasteiger partial charge on any atom is 0.0130 e. The van der Waals surface area contributed by atoms with Crippen molar-refractivity contribution in [3.05, 3.63) is 0 Å². The molecule has 1 heterocycles. The molecule has 0 amide bonds. The summed E-state index contributed by atoms with van der Waals surface area (Å²) in [4.78, 5) is 0. The minimum Gasteiger partial charge on any atom is -0.307 e. The molecule has 1 saturated heterocycles. The summed E-state index contributed by atoms with van der Waals surface area (Å²) in [5.41, 5.74) is 0.726. The van der Waals surface area contributed by atoms with Crippen molar-refractivity contribution in [3.63, 3.8) is 0 Å². The fourth-order valence-electron chi connectivity index (χ4n) is 2.01. The molecule has 0 saturated carbocycles. The van der Waals surface area contributed by atoms with Gasteiger partial charge in [-0.1, -0.05) is 0 Å². The highest BCUT2D eigenvalue weighted by Crippen LogP contribution is 2.27. The zero-order valence-corrected chi connectivity index (χ0v) is 8.07. The third-order valence-corrected chi connectivity index (χ3v) is 2.28. The van der Waals surface area contributed by atoms with Crippen LogP contribution >= 0.6 is 0 Å². The van der Waals surface area contributed by atoms with Gasteiger partial charge in [-0.15, -0.1) is 0 Å². The standard InChI is InChI=1S/C9H19N.N/c1-8(2)6-5-7-9(3,4)10-8;/h10H,5-7H2,1-4H3;. The Morgan fingerprint density at radius 1 is 0.909 bits per heavy atom. The lowest BCUT2D eigenvalue weighted by Crippen LogP contribution is -2.55. The number of rotatable bonds is 0. The SMILES string of the molecule is CC1(C)CCCC(C)(C)N1.[N]. The van der Waals surface area contributed by atoms with Gasteiger partial charge in [0, 0.05) is 17.2 Å². The third kappa shape index (κ3) is 3.21. The number of hydrogen-bond donors (Lipinski definition) is 1. The average Bonchev–Trinajstić information content (AvgIpc) is 1.56. The summed E-state index contributed by atoms with van der Waals surface area (Å²) < 4.78 is 0. The molecule has 2 nitrogen and oxygen atoms in total. The van der Waals surface area contributed by atoms with Crippen LogP contribution in [0.5, 0.6) is 0 Å². The Bertz CT molecular complexity index is 114. The molecule has 0 atom stereocenters. The fourth-order valence-corrected chi connectivity index (χ4v) is 2.01. The van der Waals surface area contributed by atoms with E-state index < -0.39 is 0 Å². The molecule has 0 spiro atoms. The van der Waals surface area contributed by atoms with Crippen molar-refractivity contribution in [3.8, 4) is 0 Å². The van der Waals surface area contributed by atoms with E-state index in [1.165, 1.54) is 19.3 Å². The summed E-state index contributed by atoms with van der Waals surface area (Å²) in [5, 5.41) is 3.63. The molecule has 1 fully saturated rings. The van der Waals surface area contributed by atoms with Crippen LogP contribution in [0.15, 0.2) is 0 Å². The highest BCUT2D eigenvalue weighted by atomic mass is 15.0. The summed E-state index contributed by atoms with van der Waals surface area (Å²) in [7, 11) is 0. The van der Waals surface area contributed by atoms with E-state index in [0.717, 1.165) is 0 Å². The molecule has 0 aromatic rings. The van der Waals surface area contributed by atoms with Crippen LogP contribution in [-0.4, -0.2) is 11.1 Å². The van der Waals surface area contributed by atoms with E-state index in [4.69, 9.17) is 0 Å². The van der Waals surface area contributed by atoms with Gasteiger partial charge in [0.05, 0.1) is 0 Å². The molecule has 1 rings (SSSR count). The zero-order valence-electron chi connectivity index (χ0n) is 8.07. The molecule has 0 bridgehead atoms. The van der Waals surface area contributed by atoms with Crippen LogP contribution < -0.4 is 11.5 Å². The minimum atomic E-state index is 0. The van der Waals surface area contributed by atoms with Crippen molar-refractivity contribution in [2.24, 2.45) is 0 Å². The summed E-state index contributed by atoms with van der Waals surface area (Å²) in [6.45, 7) is 9.14. The number of nitrogens with one attached hydrogen (secondary N) is 1. The molecule has 0 unspecified atom stereocenters. The number of hydrogen-bond acceptors (Lipinski definition) is 1. The molecule has 11 heavy (non-hydrogen) atoms. The van der Waals surface area contributed by atoms with Crippen molar-refractivity contribution in [2.75, 3.05) is 0 Å². The molecule has 0 aliphatic carbocycles. The van der Waals surface area contributed by atoms with E-state index >= 15 is 0 Å². The normalized spacial score (nSPS) is 27.3. The molecular weight excluding hydrogens is 136 g/mol. The smallest absolute Gasteiger partial charge is 0.0130 e. The first-order valence-electron chi connectivity index (χ1n) is 4.21. The van der Waals surface area contributed by atoms with Crippen LogP contribution in [0, 0.1) is 0 Å². The van der Waals surface area contributed by atoms with E-state index in [0.29, 0.717) is 11.1 Å². The molecule has 1 N–H and O–H groups in total. The summed E-state index contributed by atoms with van der Waals surface area (Å²) in [6, 6.07) is 0. The quantitative estimate of drug-likeness (QED) is 0.570. The van der Waals surface area contributed by atoms with Gasteiger partial charge < -0.3 is 5.32 Å². The maximum absolute atomic E-state index is 3.63. The highest BCUT2D eigenvalue weighted by Gasteiger charge is 2.31. The lowest BCUT2D eigenvalue weighted by molar-refractivity contribution is 0.183. The van der Waals surface area contributed by atoms with Gasteiger partial charge in [0.1, 0.15) is 0 Å². The van der Waals surface area contributed by atoms with E-state index in [1.54, 1.807) is 0 Å². The Balaban J connectivity index is 0.000001000. The predicted molar refractivity (Wildman–Crippen MR) is 47.3 cm³/mol. The van der Waals surface area contributed by atoms with Crippen LogP contribution in [-0.2, 0) is 0 Å². The number of nitrogens with zero attached hydrogens (tertiary/aromatic N) is 1. The van der Waals surface area contributed by atoms with Gasteiger partial charge in [0.25, 0.3) is 0 Å². The Kier molecular flexibility index (Phi) is 3.09. The van der Waals surface area contributed by atoms with Crippen molar-refractivity contribution >= 4 is 0 Å². The molecule has 1 aliphatic heterocycles. The summed E-state index contributed by atoms with van der Waals surface area (Å²) in [6.07, 6.45) is 4.00. The van der Waals surface area contributed by atoms with Crippen LogP contribution in [0.2, 0.25) is 0 Å². The lowest BCUT2D eigenvalue weighted by Gasteiger charge is -2.42. The van der Waals surface area contributed by atoms with Gasteiger partial charge in [0.2, 0.25) is 0 Å². The minimum absolute atomic E-state index is 0. The van der Waals surface area contributed by atoms with Crippen molar-refractivity contribution in [1.29, 1.82) is 0 Å². The Morgan fingerprint density at radius 2 is 1.27 bits per heavy atom. The summed E-state index contributed by atoms with van der Waals surface area (Å²) in [5.74, 6) is 0. The summed E-state index contributed by atoms with van der Waals surface area (Å²) >= 11 is 0. The van der Waals surface area contributed by atoms with Gasteiger partial charge in [-0.25, -0.2) is 0 Å². The monoisotopic (exact) mass is 155 g/mol. The zero-order chi connectivity index (χ0) is 7.83. The lowest BCUT2D eigenvalue weighted by atomic mass is 9.83. The second-order valence-corrected chi connectivity index (χ2v) is 4.75. The van der Waals surface area contributed by atoms with E-state index in [2.05, 4.69) is 33.0 Å². The van der Waals surface area contributed by atoms with Crippen molar-refractivity contribution in [1.82, 2.24) is 11.5 Å². The van der Waals surface area contributed by atoms with Gasteiger partial charge >= 0.3 is 0 Å². The largest absolute Gasteiger partial charge is 0.307 e. The maximum atomic E-state index is 3.63. The second kappa shape index (κ2) is 3.11. The van der Waals surface area contributed by atoms with Crippen molar-refractivity contribution < 1.29 is 0 Å². The van der Waals surface area contributed by atoms with Gasteiger partial charge in [-0.3, -0.25) is 0 Å². The fraction of sp³-hybridized carbons (Fsp3) is 1.00. The van der Waals surface area contributed by atoms with Crippen molar-refractivity contribution in [2.45, 2.75) is 58.0 Å². The first-order chi connectivity index (χ1) is 4.41. The third-order valence-electron chi connectivity index (χ3n) is 2.28. The molecule has 1 aliphatic rings. The molecule has 3 radical (unpaired) electrons. The van der Waals surface area contributed by atoms with Crippen LogP contribution in [0.3, 0.4) is 0 Å². The van der Waals surface area contributed by atoms with Gasteiger partial charge in [-0.2, -0.15) is 0 Å². The molecule has 65 valence electrons. The van der Waals surface area contributed by atoms with Gasteiger partial charge in [0.15, 0.2) is 0 Å². The first kappa shape index (κ1) is 10.9.